The average molecular weight is 267 g/mol. The molecule has 2 N–H and O–H groups in total. The second-order valence-corrected chi connectivity index (χ2v) is 5.15. The average Bonchev–Trinajstić information content (AvgIpc) is 2.37. The smallest absolute Gasteiger partial charge is 0.338 e. The molecule has 0 saturated carbocycles. The predicted octanol–water partition coefficient (Wildman–Crippen LogP) is 2.18. The zero-order chi connectivity index (χ0) is 13.9. The van der Waals surface area contributed by atoms with Gasteiger partial charge in [-0.25, -0.2) is 9.18 Å². The highest BCUT2D eigenvalue weighted by atomic mass is 19.1. The van der Waals surface area contributed by atoms with Crippen molar-refractivity contribution in [2.24, 2.45) is 0 Å². The summed E-state index contributed by atoms with van der Waals surface area (Å²) in [6.45, 7) is 4.11. The maximum absolute atomic E-state index is 13.5. The van der Waals surface area contributed by atoms with E-state index in [1.807, 2.05) is 0 Å². The van der Waals surface area contributed by atoms with Gasteiger partial charge < -0.3 is 15.2 Å². The minimum Gasteiger partial charge on any atom is -0.478 e. The SMILES string of the molecule is CC1(NCc2ccc(C(=O)O)c(F)c2)CCOCC1. The van der Waals surface area contributed by atoms with E-state index >= 15 is 0 Å². The van der Waals surface area contributed by atoms with Gasteiger partial charge >= 0.3 is 5.97 Å². The first-order chi connectivity index (χ1) is 9.00. The summed E-state index contributed by atoms with van der Waals surface area (Å²) in [7, 11) is 0. The molecule has 0 bridgehead atoms. The van der Waals surface area contributed by atoms with Crippen LogP contribution in [0.4, 0.5) is 4.39 Å². The van der Waals surface area contributed by atoms with Gasteiger partial charge in [0.1, 0.15) is 5.82 Å². The Kier molecular flexibility index (Phi) is 4.17. The number of hydrogen-bond acceptors (Lipinski definition) is 3. The molecule has 0 amide bonds. The van der Waals surface area contributed by atoms with Crippen molar-refractivity contribution >= 4 is 5.97 Å². The number of benzene rings is 1. The summed E-state index contributed by atoms with van der Waals surface area (Å²) in [5, 5.41) is 12.2. The topological polar surface area (TPSA) is 58.6 Å². The lowest BCUT2D eigenvalue weighted by molar-refractivity contribution is 0.0446. The number of carboxylic acid groups (broad SMARTS) is 1. The van der Waals surface area contributed by atoms with Crippen LogP contribution in [0.1, 0.15) is 35.7 Å². The van der Waals surface area contributed by atoms with E-state index in [0.29, 0.717) is 6.54 Å². The largest absolute Gasteiger partial charge is 0.478 e. The van der Waals surface area contributed by atoms with Crippen LogP contribution in [0.5, 0.6) is 0 Å². The molecule has 4 nitrogen and oxygen atoms in total. The minimum absolute atomic E-state index is 0.000194. The van der Waals surface area contributed by atoms with Crippen LogP contribution in [0.25, 0.3) is 0 Å². The van der Waals surface area contributed by atoms with Crippen molar-refractivity contribution < 1.29 is 19.0 Å². The zero-order valence-corrected chi connectivity index (χ0v) is 10.9. The van der Waals surface area contributed by atoms with Gasteiger partial charge in [0.05, 0.1) is 5.56 Å². The number of aromatic carboxylic acids is 1. The van der Waals surface area contributed by atoms with Crippen LogP contribution in [0.15, 0.2) is 18.2 Å². The molecule has 1 aliphatic rings. The van der Waals surface area contributed by atoms with Crippen molar-refractivity contribution in [2.45, 2.75) is 31.8 Å². The Morgan fingerprint density at radius 3 is 2.74 bits per heavy atom. The van der Waals surface area contributed by atoms with E-state index in [2.05, 4.69) is 12.2 Å². The van der Waals surface area contributed by atoms with Crippen molar-refractivity contribution in [1.29, 1.82) is 0 Å². The lowest BCUT2D eigenvalue weighted by atomic mass is 9.92. The van der Waals surface area contributed by atoms with Crippen LogP contribution in [0, 0.1) is 5.82 Å². The Hall–Kier alpha value is -1.46. The van der Waals surface area contributed by atoms with Crippen LogP contribution in [-0.4, -0.2) is 29.8 Å². The molecule has 0 atom stereocenters. The van der Waals surface area contributed by atoms with Crippen molar-refractivity contribution in [3.05, 3.63) is 35.1 Å². The van der Waals surface area contributed by atoms with Crippen LogP contribution in [0.2, 0.25) is 0 Å². The molecule has 0 radical (unpaired) electrons. The van der Waals surface area contributed by atoms with E-state index in [4.69, 9.17) is 9.84 Å². The summed E-state index contributed by atoms with van der Waals surface area (Å²) in [6, 6.07) is 4.22. The van der Waals surface area contributed by atoms with Crippen LogP contribution in [0.3, 0.4) is 0 Å². The molecule has 1 fully saturated rings. The Morgan fingerprint density at radius 2 is 2.16 bits per heavy atom. The number of carboxylic acids is 1. The number of rotatable bonds is 4. The van der Waals surface area contributed by atoms with E-state index in [1.54, 1.807) is 6.07 Å². The Morgan fingerprint density at radius 1 is 1.47 bits per heavy atom. The summed E-state index contributed by atoms with van der Waals surface area (Å²) in [5.74, 6) is -1.93. The first kappa shape index (κ1) is 14.0. The minimum atomic E-state index is -1.24. The lowest BCUT2D eigenvalue weighted by Crippen LogP contribution is -2.46. The molecule has 104 valence electrons. The number of hydrogen-bond donors (Lipinski definition) is 2. The van der Waals surface area contributed by atoms with E-state index in [0.717, 1.165) is 31.6 Å². The summed E-state index contributed by atoms with van der Waals surface area (Å²) < 4.78 is 18.8. The fourth-order valence-electron chi connectivity index (χ4n) is 2.16. The predicted molar refractivity (Wildman–Crippen MR) is 68.7 cm³/mol. The van der Waals surface area contributed by atoms with Crippen molar-refractivity contribution in [3.63, 3.8) is 0 Å². The van der Waals surface area contributed by atoms with Gasteiger partial charge in [-0.2, -0.15) is 0 Å². The third-order valence-electron chi connectivity index (χ3n) is 3.58. The highest BCUT2D eigenvalue weighted by Crippen LogP contribution is 2.20. The molecule has 2 rings (SSSR count). The van der Waals surface area contributed by atoms with Gasteiger partial charge in [0.2, 0.25) is 0 Å². The molecule has 0 aromatic heterocycles. The third kappa shape index (κ3) is 3.52. The normalized spacial score (nSPS) is 18.2. The van der Waals surface area contributed by atoms with Gasteiger partial charge in [-0.3, -0.25) is 0 Å². The van der Waals surface area contributed by atoms with Gasteiger partial charge in [-0.1, -0.05) is 6.07 Å². The first-order valence-corrected chi connectivity index (χ1v) is 6.35. The van der Waals surface area contributed by atoms with E-state index in [-0.39, 0.29) is 11.1 Å². The number of carbonyl (C=O) groups is 1. The molecule has 1 aromatic carbocycles. The molecule has 1 aliphatic heterocycles. The summed E-state index contributed by atoms with van der Waals surface area (Å²) >= 11 is 0. The van der Waals surface area contributed by atoms with Gasteiger partial charge in [-0.05, 0) is 37.5 Å². The van der Waals surface area contributed by atoms with Crippen molar-refractivity contribution in [3.8, 4) is 0 Å². The standard InChI is InChI=1S/C14H18FNO3/c1-14(4-6-19-7-5-14)16-9-10-2-3-11(13(17)18)12(15)8-10/h2-3,8,16H,4-7,9H2,1H3,(H,17,18). The second-order valence-electron chi connectivity index (χ2n) is 5.15. The number of ether oxygens (including phenoxy) is 1. The van der Waals surface area contributed by atoms with Gasteiger partial charge in [0.15, 0.2) is 0 Å². The molecule has 1 saturated heterocycles. The van der Waals surface area contributed by atoms with Gasteiger partial charge in [-0.15, -0.1) is 0 Å². The van der Waals surface area contributed by atoms with Gasteiger partial charge in [0.25, 0.3) is 0 Å². The molecule has 0 aliphatic carbocycles. The molecule has 0 unspecified atom stereocenters. The third-order valence-corrected chi connectivity index (χ3v) is 3.58. The summed E-state index contributed by atoms with van der Waals surface area (Å²) in [6.07, 6.45) is 1.84. The molecule has 5 heteroatoms. The Labute approximate surface area is 111 Å². The lowest BCUT2D eigenvalue weighted by Gasteiger charge is -2.34. The highest BCUT2D eigenvalue weighted by molar-refractivity contribution is 5.87. The molecule has 0 spiro atoms. The Balaban J connectivity index is 2.00. The van der Waals surface area contributed by atoms with E-state index < -0.39 is 11.8 Å². The molecule has 19 heavy (non-hydrogen) atoms. The van der Waals surface area contributed by atoms with E-state index in [1.165, 1.54) is 12.1 Å². The number of halogens is 1. The van der Waals surface area contributed by atoms with Gasteiger partial charge in [0, 0.05) is 25.3 Å². The van der Waals surface area contributed by atoms with Crippen molar-refractivity contribution in [2.75, 3.05) is 13.2 Å². The molecular weight excluding hydrogens is 249 g/mol. The monoisotopic (exact) mass is 267 g/mol. The summed E-state index contributed by atoms with van der Waals surface area (Å²) in [5.41, 5.74) is 0.455. The molecular formula is C14H18FNO3. The zero-order valence-electron chi connectivity index (χ0n) is 10.9. The van der Waals surface area contributed by atoms with Crippen molar-refractivity contribution in [1.82, 2.24) is 5.32 Å². The fraction of sp³-hybridized carbons (Fsp3) is 0.500. The maximum Gasteiger partial charge on any atom is 0.338 e. The quantitative estimate of drug-likeness (QED) is 0.878. The van der Waals surface area contributed by atoms with Crippen LogP contribution >= 0.6 is 0 Å². The first-order valence-electron chi connectivity index (χ1n) is 6.35. The fourth-order valence-corrected chi connectivity index (χ4v) is 2.16. The highest BCUT2D eigenvalue weighted by Gasteiger charge is 2.26. The maximum atomic E-state index is 13.5. The Bertz CT molecular complexity index is 470. The molecule has 1 heterocycles. The van der Waals surface area contributed by atoms with Crippen LogP contribution < -0.4 is 5.32 Å². The number of nitrogens with one attached hydrogen (secondary N) is 1. The second kappa shape index (κ2) is 5.67. The molecule has 1 aromatic rings. The van der Waals surface area contributed by atoms with Crippen LogP contribution in [-0.2, 0) is 11.3 Å². The summed E-state index contributed by atoms with van der Waals surface area (Å²) in [4.78, 5) is 10.7. The van der Waals surface area contributed by atoms with E-state index in [9.17, 15) is 9.18 Å².